The van der Waals surface area contributed by atoms with E-state index in [-0.39, 0.29) is 16.6 Å². The van der Waals surface area contributed by atoms with Gasteiger partial charge in [-0.3, -0.25) is 9.78 Å². The number of aryl methyl sites for hydroxylation is 1. The van der Waals surface area contributed by atoms with Gasteiger partial charge in [-0.05, 0) is 49.7 Å². The van der Waals surface area contributed by atoms with Gasteiger partial charge in [0.25, 0.3) is 0 Å². The number of amides is 1. The first-order valence-electron chi connectivity index (χ1n) is 8.86. The van der Waals surface area contributed by atoms with Gasteiger partial charge in [0.2, 0.25) is 5.91 Å². The molecule has 0 aliphatic heterocycles. The molecule has 0 spiro atoms. The molecule has 10 heteroatoms. The number of benzene rings is 1. The van der Waals surface area contributed by atoms with Crippen molar-refractivity contribution in [3.8, 4) is 11.4 Å². The molecule has 0 fully saturated rings. The van der Waals surface area contributed by atoms with E-state index in [0.717, 1.165) is 11.8 Å². The monoisotopic (exact) mass is 431 g/mol. The van der Waals surface area contributed by atoms with Crippen LogP contribution in [0.15, 0.2) is 52.8 Å². The molecule has 2 aromatic heterocycles. The van der Waals surface area contributed by atoms with Crippen molar-refractivity contribution in [3.63, 3.8) is 0 Å². The number of hydrogen-bond acceptors (Lipinski definition) is 7. The Morgan fingerprint density at radius 3 is 2.66 bits per heavy atom. The van der Waals surface area contributed by atoms with Crippen LogP contribution in [-0.4, -0.2) is 46.1 Å². The molecular weight excluding hydrogens is 410 g/mol. The maximum Gasteiger partial charge on any atom is 0.234 e. The lowest BCUT2D eigenvalue weighted by molar-refractivity contribution is -0.113. The standard InChI is InChI=1S/C19H21N5O3S2/c1-4-24-18(14-6-5-9-20-11-14)22-23-19(24)28-12-17(25)21-16-8-7-15(10-13(16)2)29(3,26)27/h5-11H,4,12H2,1-3H3,(H,21,25). The fraction of sp³-hybridized carbons (Fsp3) is 0.263. The minimum absolute atomic E-state index is 0.151. The van der Waals surface area contributed by atoms with Crippen LogP contribution in [0.5, 0.6) is 0 Å². The maximum atomic E-state index is 12.4. The van der Waals surface area contributed by atoms with Crippen molar-refractivity contribution >= 4 is 33.2 Å². The van der Waals surface area contributed by atoms with Crippen LogP contribution in [0.2, 0.25) is 0 Å². The van der Waals surface area contributed by atoms with Gasteiger partial charge in [-0.15, -0.1) is 10.2 Å². The summed E-state index contributed by atoms with van der Waals surface area (Å²) in [6.07, 6.45) is 4.57. The second-order valence-electron chi connectivity index (χ2n) is 6.38. The Morgan fingerprint density at radius 2 is 2.03 bits per heavy atom. The van der Waals surface area contributed by atoms with Crippen molar-refractivity contribution in [2.24, 2.45) is 0 Å². The number of carbonyl (C=O) groups is 1. The van der Waals surface area contributed by atoms with Gasteiger partial charge in [0.1, 0.15) is 0 Å². The van der Waals surface area contributed by atoms with Crippen LogP contribution in [0, 0.1) is 6.92 Å². The molecule has 0 radical (unpaired) electrons. The summed E-state index contributed by atoms with van der Waals surface area (Å²) in [5.41, 5.74) is 2.12. The van der Waals surface area contributed by atoms with Gasteiger partial charge in [0.05, 0.1) is 10.6 Å². The zero-order chi connectivity index (χ0) is 21.0. The topological polar surface area (TPSA) is 107 Å². The SMILES string of the molecule is CCn1c(SCC(=O)Nc2ccc(S(C)(=O)=O)cc2C)nnc1-c1cccnc1. The van der Waals surface area contributed by atoms with E-state index in [0.29, 0.717) is 28.8 Å². The number of anilines is 1. The molecule has 0 atom stereocenters. The average molecular weight is 432 g/mol. The lowest BCUT2D eigenvalue weighted by Gasteiger charge is -2.10. The minimum atomic E-state index is -3.28. The molecule has 1 N–H and O–H groups in total. The van der Waals surface area contributed by atoms with Crippen molar-refractivity contribution in [1.29, 1.82) is 0 Å². The normalized spacial score (nSPS) is 11.4. The number of nitrogens with one attached hydrogen (secondary N) is 1. The lowest BCUT2D eigenvalue weighted by Crippen LogP contribution is -2.15. The first-order valence-corrected chi connectivity index (χ1v) is 11.7. The number of pyridine rings is 1. The molecule has 1 amide bonds. The van der Waals surface area contributed by atoms with Crippen molar-refractivity contribution in [2.45, 2.75) is 30.4 Å². The molecule has 0 bridgehead atoms. The van der Waals surface area contributed by atoms with E-state index in [1.165, 1.54) is 17.8 Å². The van der Waals surface area contributed by atoms with Crippen LogP contribution >= 0.6 is 11.8 Å². The van der Waals surface area contributed by atoms with E-state index in [9.17, 15) is 13.2 Å². The van der Waals surface area contributed by atoms with Crippen molar-refractivity contribution in [3.05, 3.63) is 48.3 Å². The molecule has 0 saturated heterocycles. The van der Waals surface area contributed by atoms with Crippen LogP contribution in [0.1, 0.15) is 12.5 Å². The Bertz CT molecular complexity index is 1130. The third-order valence-electron chi connectivity index (χ3n) is 4.19. The molecule has 3 rings (SSSR count). The number of thioether (sulfide) groups is 1. The van der Waals surface area contributed by atoms with Gasteiger partial charge < -0.3 is 9.88 Å². The predicted molar refractivity (Wildman–Crippen MR) is 113 cm³/mol. The van der Waals surface area contributed by atoms with Gasteiger partial charge in [0, 0.05) is 36.4 Å². The molecule has 152 valence electrons. The third-order valence-corrected chi connectivity index (χ3v) is 6.26. The van der Waals surface area contributed by atoms with Gasteiger partial charge in [-0.25, -0.2) is 8.42 Å². The zero-order valence-electron chi connectivity index (χ0n) is 16.3. The summed E-state index contributed by atoms with van der Waals surface area (Å²) >= 11 is 1.29. The highest BCUT2D eigenvalue weighted by atomic mass is 32.2. The summed E-state index contributed by atoms with van der Waals surface area (Å²) in [5, 5.41) is 11.9. The Morgan fingerprint density at radius 1 is 1.24 bits per heavy atom. The van der Waals surface area contributed by atoms with E-state index in [2.05, 4.69) is 20.5 Å². The van der Waals surface area contributed by atoms with Crippen LogP contribution in [-0.2, 0) is 21.2 Å². The molecule has 2 heterocycles. The molecule has 29 heavy (non-hydrogen) atoms. The van der Waals surface area contributed by atoms with Crippen LogP contribution in [0.25, 0.3) is 11.4 Å². The summed E-state index contributed by atoms with van der Waals surface area (Å²) in [5.74, 6) is 0.646. The summed E-state index contributed by atoms with van der Waals surface area (Å²) in [7, 11) is -3.28. The molecule has 1 aromatic carbocycles. The molecule has 8 nitrogen and oxygen atoms in total. The number of aromatic nitrogens is 4. The molecule has 0 aliphatic carbocycles. The summed E-state index contributed by atoms with van der Waals surface area (Å²) in [6.45, 7) is 4.40. The number of rotatable bonds is 7. The highest BCUT2D eigenvalue weighted by Crippen LogP contribution is 2.24. The molecule has 3 aromatic rings. The van der Waals surface area contributed by atoms with E-state index < -0.39 is 9.84 Å². The maximum absolute atomic E-state index is 12.4. The van der Waals surface area contributed by atoms with Crippen molar-refractivity contribution in [1.82, 2.24) is 19.7 Å². The Balaban J connectivity index is 1.68. The van der Waals surface area contributed by atoms with Gasteiger partial charge >= 0.3 is 0 Å². The van der Waals surface area contributed by atoms with Gasteiger partial charge in [-0.1, -0.05) is 11.8 Å². The number of nitrogens with zero attached hydrogens (tertiary/aromatic N) is 4. The highest BCUT2D eigenvalue weighted by molar-refractivity contribution is 7.99. The lowest BCUT2D eigenvalue weighted by atomic mass is 10.2. The fourth-order valence-electron chi connectivity index (χ4n) is 2.71. The van der Waals surface area contributed by atoms with Gasteiger partial charge in [-0.2, -0.15) is 0 Å². The van der Waals surface area contributed by atoms with Crippen LogP contribution in [0.3, 0.4) is 0 Å². The Hall–Kier alpha value is -2.72. The summed E-state index contributed by atoms with van der Waals surface area (Å²) < 4.78 is 25.2. The van der Waals surface area contributed by atoms with E-state index >= 15 is 0 Å². The molecule has 0 unspecified atom stereocenters. The fourth-order valence-corrected chi connectivity index (χ4v) is 4.22. The van der Waals surface area contributed by atoms with E-state index in [1.54, 1.807) is 31.5 Å². The first-order chi connectivity index (χ1) is 13.8. The van der Waals surface area contributed by atoms with Crippen molar-refractivity contribution < 1.29 is 13.2 Å². The second-order valence-corrected chi connectivity index (χ2v) is 9.34. The second kappa shape index (κ2) is 8.75. The van der Waals surface area contributed by atoms with E-state index in [4.69, 9.17) is 0 Å². The quantitative estimate of drug-likeness (QED) is 0.573. The van der Waals surface area contributed by atoms with Gasteiger partial charge in [0.15, 0.2) is 20.8 Å². The molecule has 0 saturated carbocycles. The highest BCUT2D eigenvalue weighted by Gasteiger charge is 2.15. The first kappa shape index (κ1) is 21.0. The largest absolute Gasteiger partial charge is 0.325 e. The molecular formula is C19H21N5O3S2. The Kier molecular flexibility index (Phi) is 6.33. The zero-order valence-corrected chi connectivity index (χ0v) is 17.9. The minimum Gasteiger partial charge on any atom is -0.325 e. The van der Waals surface area contributed by atoms with Crippen LogP contribution < -0.4 is 5.32 Å². The van der Waals surface area contributed by atoms with Crippen molar-refractivity contribution in [2.75, 3.05) is 17.3 Å². The average Bonchev–Trinajstić information content (AvgIpc) is 3.10. The Labute approximate surface area is 173 Å². The molecule has 0 aliphatic rings. The predicted octanol–water partition coefficient (Wildman–Crippen LogP) is 2.80. The number of sulfone groups is 1. The number of hydrogen-bond donors (Lipinski definition) is 1. The summed E-state index contributed by atoms with van der Waals surface area (Å²) in [4.78, 5) is 16.7. The van der Waals surface area contributed by atoms with Crippen LogP contribution in [0.4, 0.5) is 5.69 Å². The summed E-state index contributed by atoms with van der Waals surface area (Å²) in [6, 6.07) is 8.38. The van der Waals surface area contributed by atoms with E-state index in [1.807, 2.05) is 23.6 Å². The smallest absolute Gasteiger partial charge is 0.234 e. The third kappa shape index (κ3) is 5.01. The number of carbonyl (C=O) groups excluding carboxylic acids is 1.